The summed E-state index contributed by atoms with van der Waals surface area (Å²) in [5, 5.41) is 3.45. The number of piperazine rings is 1. The second-order valence-electron chi connectivity index (χ2n) is 5.95. The number of methoxy groups -OCH3 is 1. The minimum absolute atomic E-state index is 0.126. The maximum Gasteiger partial charge on any atom is 0.319 e. The van der Waals surface area contributed by atoms with Crippen LogP contribution in [-0.2, 0) is 9.53 Å². The highest BCUT2D eigenvalue weighted by atomic mass is 35.5. The maximum absolute atomic E-state index is 11.4. The third kappa shape index (κ3) is 4.74. The molecule has 0 radical (unpaired) electrons. The molecule has 0 bridgehead atoms. The predicted molar refractivity (Wildman–Crippen MR) is 102 cm³/mol. The second kappa shape index (κ2) is 8.20. The van der Waals surface area contributed by atoms with Crippen molar-refractivity contribution in [3.05, 3.63) is 35.5 Å². The fourth-order valence-corrected chi connectivity index (χ4v) is 3.00. The zero-order valence-corrected chi connectivity index (χ0v) is 15.2. The summed E-state index contributed by atoms with van der Waals surface area (Å²) in [6.07, 6.45) is 0. The van der Waals surface area contributed by atoms with Crippen LogP contribution in [0.1, 0.15) is 0 Å². The number of aromatic nitrogens is 2. The van der Waals surface area contributed by atoms with E-state index in [0.29, 0.717) is 17.5 Å². The van der Waals surface area contributed by atoms with Crippen molar-refractivity contribution in [3.63, 3.8) is 0 Å². The molecule has 138 valence electrons. The zero-order chi connectivity index (χ0) is 18.5. The first kappa shape index (κ1) is 18.2. The molecule has 1 aliphatic rings. The van der Waals surface area contributed by atoms with Gasteiger partial charge in [-0.15, -0.1) is 0 Å². The molecular weight excluding hydrogens is 356 g/mol. The van der Waals surface area contributed by atoms with Gasteiger partial charge in [-0.1, -0.05) is 11.6 Å². The average Bonchev–Trinajstić information content (AvgIpc) is 2.62. The summed E-state index contributed by atoms with van der Waals surface area (Å²) in [5.41, 5.74) is 7.61. The van der Waals surface area contributed by atoms with Gasteiger partial charge in [-0.05, 0) is 24.3 Å². The smallest absolute Gasteiger partial charge is 0.319 e. The number of esters is 1. The third-order valence-electron chi connectivity index (χ3n) is 4.17. The van der Waals surface area contributed by atoms with Crippen LogP contribution in [0.3, 0.4) is 0 Å². The van der Waals surface area contributed by atoms with Crippen molar-refractivity contribution < 1.29 is 9.53 Å². The lowest BCUT2D eigenvalue weighted by Crippen LogP contribution is -2.48. The molecule has 3 rings (SSSR count). The highest BCUT2D eigenvalue weighted by Crippen LogP contribution is 2.22. The predicted octanol–water partition coefficient (Wildman–Crippen LogP) is 1.75. The van der Waals surface area contributed by atoms with E-state index in [2.05, 4.69) is 25.1 Å². The number of benzene rings is 1. The van der Waals surface area contributed by atoms with E-state index < -0.39 is 0 Å². The van der Waals surface area contributed by atoms with Crippen molar-refractivity contribution in [2.24, 2.45) is 0 Å². The minimum atomic E-state index is -0.195. The number of ether oxygens (including phenoxy) is 1. The Morgan fingerprint density at radius 1 is 1.23 bits per heavy atom. The standard InChI is InChI=1S/C17H21ClN6O2/c1-26-16(25)11-23-6-8-24(9-7-23)13-4-2-12(3-5-13)20-15-10-14(18)21-17(19)22-15/h2-5,10H,6-9,11H2,1H3,(H3,19,20,21,22). The normalized spacial score (nSPS) is 14.9. The molecule has 9 heteroatoms. The number of hydrogen-bond acceptors (Lipinski definition) is 8. The summed E-state index contributed by atoms with van der Waals surface area (Å²) in [6, 6.07) is 9.66. The summed E-state index contributed by atoms with van der Waals surface area (Å²) < 4.78 is 4.71. The van der Waals surface area contributed by atoms with Crippen molar-refractivity contribution >= 4 is 40.7 Å². The van der Waals surface area contributed by atoms with E-state index in [1.807, 2.05) is 24.3 Å². The molecule has 2 aromatic rings. The molecule has 1 aliphatic heterocycles. The van der Waals surface area contributed by atoms with Crippen LogP contribution in [0.25, 0.3) is 0 Å². The summed E-state index contributed by atoms with van der Waals surface area (Å²) in [6.45, 7) is 3.73. The number of hydrogen-bond donors (Lipinski definition) is 2. The molecule has 0 aliphatic carbocycles. The van der Waals surface area contributed by atoms with Crippen LogP contribution in [0.15, 0.2) is 30.3 Å². The maximum atomic E-state index is 11.4. The van der Waals surface area contributed by atoms with Gasteiger partial charge in [0.05, 0.1) is 13.7 Å². The van der Waals surface area contributed by atoms with Gasteiger partial charge in [0.25, 0.3) is 0 Å². The second-order valence-corrected chi connectivity index (χ2v) is 6.33. The summed E-state index contributed by atoms with van der Waals surface area (Å²) in [4.78, 5) is 23.7. The first-order chi connectivity index (χ1) is 12.5. The van der Waals surface area contributed by atoms with E-state index in [1.165, 1.54) is 7.11 Å². The lowest BCUT2D eigenvalue weighted by Gasteiger charge is -2.35. The number of nitrogens with two attached hydrogens (primary N) is 1. The van der Waals surface area contributed by atoms with Crippen molar-refractivity contribution in [2.45, 2.75) is 0 Å². The number of anilines is 4. The van der Waals surface area contributed by atoms with Crippen LogP contribution in [0, 0.1) is 0 Å². The molecule has 0 unspecified atom stereocenters. The summed E-state index contributed by atoms with van der Waals surface area (Å²) >= 11 is 5.88. The molecule has 8 nitrogen and oxygen atoms in total. The van der Waals surface area contributed by atoms with Gasteiger partial charge >= 0.3 is 5.97 Å². The third-order valence-corrected chi connectivity index (χ3v) is 4.36. The van der Waals surface area contributed by atoms with Gasteiger partial charge in [0.2, 0.25) is 5.95 Å². The molecule has 1 aromatic carbocycles. The van der Waals surface area contributed by atoms with E-state index in [-0.39, 0.29) is 11.9 Å². The van der Waals surface area contributed by atoms with Crippen molar-refractivity contribution in [3.8, 4) is 0 Å². The van der Waals surface area contributed by atoms with Crippen molar-refractivity contribution in [1.29, 1.82) is 0 Å². The minimum Gasteiger partial charge on any atom is -0.468 e. The lowest BCUT2D eigenvalue weighted by molar-refractivity contribution is -0.142. The molecule has 0 spiro atoms. The first-order valence-corrected chi connectivity index (χ1v) is 8.62. The molecule has 1 aromatic heterocycles. The van der Waals surface area contributed by atoms with Gasteiger partial charge in [0.15, 0.2) is 0 Å². The Balaban J connectivity index is 1.57. The highest BCUT2D eigenvalue weighted by Gasteiger charge is 2.19. The highest BCUT2D eigenvalue weighted by molar-refractivity contribution is 6.29. The zero-order valence-electron chi connectivity index (χ0n) is 14.5. The Hall–Kier alpha value is -2.58. The number of carbonyl (C=O) groups excluding carboxylic acids is 1. The number of nitrogens with one attached hydrogen (secondary N) is 1. The molecule has 26 heavy (non-hydrogen) atoms. The van der Waals surface area contributed by atoms with Crippen LogP contribution in [0.2, 0.25) is 5.15 Å². The Morgan fingerprint density at radius 2 is 1.92 bits per heavy atom. The lowest BCUT2D eigenvalue weighted by atomic mass is 10.2. The van der Waals surface area contributed by atoms with E-state index >= 15 is 0 Å². The number of nitrogens with zero attached hydrogens (tertiary/aromatic N) is 4. The van der Waals surface area contributed by atoms with Crippen LogP contribution < -0.4 is 16.0 Å². The molecule has 1 fully saturated rings. The molecule has 0 saturated carbocycles. The Kier molecular flexibility index (Phi) is 5.75. The van der Waals surface area contributed by atoms with Crippen LogP contribution >= 0.6 is 11.6 Å². The average molecular weight is 377 g/mol. The molecule has 1 saturated heterocycles. The largest absolute Gasteiger partial charge is 0.468 e. The van der Waals surface area contributed by atoms with Gasteiger partial charge in [-0.3, -0.25) is 9.69 Å². The van der Waals surface area contributed by atoms with E-state index in [4.69, 9.17) is 22.1 Å². The number of carbonyl (C=O) groups is 1. The molecule has 2 heterocycles. The Morgan fingerprint density at radius 3 is 2.54 bits per heavy atom. The van der Waals surface area contributed by atoms with E-state index in [1.54, 1.807) is 6.07 Å². The van der Waals surface area contributed by atoms with Gasteiger partial charge in [-0.2, -0.15) is 4.98 Å². The summed E-state index contributed by atoms with van der Waals surface area (Å²) in [5.74, 6) is 0.479. The summed E-state index contributed by atoms with van der Waals surface area (Å²) in [7, 11) is 1.41. The molecular formula is C17H21ClN6O2. The molecule has 3 N–H and O–H groups in total. The Labute approximate surface area is 156 Å². The Bertz CT molecular complexity index is 742. The van der Waals surface area contributed by atoms with Gasteiger partial charge < -0.3 is 20.7 Å². The van der Waals surface area contributed by atoms with Crippen molar-refractivity contribution in [1.82, 2.24) is 14.9 Å². The fraction of sp³-hybridized carbons (Fsp3) is 0.353. The molecule has 0 atom stereocenters. The SMILES string of the molecule is COC(=O)CN1CCN(c2ccc(Nc3cc(Cl)nc(N)n3)cc2)CC1. The van der Waals surface area contributed by atoms with Gasteiger partial charge in [0.1, 0.15) is 11.0 Å². The quantitative estimate of drug-likeness (QED) is 0.601. The van der Waals surface area contributed by atoms with E-state index in [9.17, 15) is 4.79 Å². The fourth-order valence-electron chi connectivity index (χ4n) is 2.81. The van der Waals surface area contributed by atoms with Crippen molar-refractivity contribution in [2.75, 3.05) is 55.8 Å². The molecule has 0 amide bonds. The van der Waals surface area contributed by atoms with Gasteiger partial charge in [-0.25, -0.2) is 4.98 Å². The van der Waals surface area contributed by atoms with Crippen LogP contribution in [-0.4, -0.2) is 60.7 Å². The van der Waals surface area contributed by atoms with E-state index in [0.717, 1.165) is 37.6 Å². The topological polar surface area (TPSA) is 96.6 Å². The van der Waals surface area contributed by atoms with Crippen LogP contribution in [0.5, 0.6) is 0 Å². The van der Waals surface area contributed by atoms with Gasteiger partial charge in [0, 0.05) is 43.6 Å². The van der Waals surface area contributed by atoms with Crippen LogP contribution in [0.4, 0.5) is 23.1 Å². The number of nitrogen functional groups attached to an aromatic ring is 1. The monoisotopic (exact) mass is 376 g/mol. The first-order valence-electron chi connectivity index (χ1n) is 8.25. The number of halogens is 1. The number of rotatable bonds is 5.